The van der Waals surface area contributed by atoms with E-state index in [4.69, 9.17) is 19.4 Å². The van der Waals surface area contributed by atoms with Crippen molar-refractivity contribution in [3.63, 3.8) is 0 Å². The van der Waals surface area contributed by atoms with Gasteiger partial charge in [-0.05, 0) is 55.9 Å². The molecule has 8 rings (SSSR count). The fourth-order valence-corrected chi connectivity index (χ4v) is 9.22. The van der Waals surface area contributed by atoms with Crippen molar-refractivity contribution in [3.05, 3.63) is 64.0 Å². The van der Waals surface area contributed by atoms with Gasteiger partial charge in [-0.25, -0.2) is 19.2 Å². The van der Waals surface area contributed by atoms with E-state index >= 15 is 8.78 Å². The van der Waals surface area contributed by atoms with Crippen LogP contribution in [0, 0.1) is 29.1 Å². The van der Waals surface area contributed by atoms with Crippen molar-refractivity contribution in [1.29, 1.82) is 0 Å². The van der Waals surface area contributed by atoms with Gasteiger partial charge in [0.05, 0.1) is 40.9 Å². The number of carbonyl (C=O) groups excluding carboxylic acids is 3. The fraction of sp³-hybridized carbons (Fsp3) is 0.525. The minimum atomic E-state index is -3.15. The van der Waals surface area contributed by atoms with Gasteiger partial charge in [-0.2, -0.15) is 0 Å². The first-order chi connectivity index (χ1) is 25.7. The summed E-state index contributed by atoms with van der Waals surface area (Å²) in [7, 11) is 1.66. The standard InChI is InChI=1S/C40H46F2N6O5S/c1-7-29-32(23-9-8-11-43-34(23)21(3)52-6)25-16-39(4,5)19-53-38(51)35-33-26(40(33,41)42)17-48(46-35)37(50)27(45-36(49)24-13-20(24)2)15-31-44-28(18-54-31)22-10-12-47(29)30(25)14-22/h8-12,14,18,20-21,24,26-27,33,35,46H,7,13,15-17,19H2,1-6H3,(H,45,49)/t20-,21-,24-,26+,27-,33+,35-/m0/s1. The van der Waals surface area contributed by atoms with Crippen molar-refractivity contribution in [2.75, 3.05) is 20.3 Å². The highest BCUT2D eigenvalue weighted by Gasteiger charge is 2.75. The van der Waals surface area contributed by atoms with Gasteiger partial charge in [0.2, 0.25) is 5.91 Å². The second-order valence-electron chi connectivity index (χ2n) is 16.2. The number of amides is 2. The lowest BCUT2D eigenvalue weighted by Crippen LogP contribution is -2.61. The van der Waals surface area contributed by atoms with Gasteiger partial charge in [0, 0.05) is 77.1 Å². The zero-order valence-electron chi connectivity index (χ0n) is 31.3. The highest BCUT2D eigenvalue weighted by Crippen LogP contribution is 2.59. The summed E-state index contributed by atoms with van der Waals surface area (Å²) < 4.78 is 44.3. The molecule has 6 bridgehead atoms. The second kappa shape index (κ2) is 13.5. The number of alkyl halides is 2. The van der Waals surface area contributed by atoms with E-state index in [1.165, 1.54) is 11.3 Å². The molecule has 6 heterocycles. The molecule has 11 nitrogen and oxygen atoms in total. The molecule has 3 fully saturated rings. The number of aryl methyl sites for hydroxylation is 1. The molecule has 54 heavy (non-hydrogen) atoms. The molecule has 2 saturated carbocycles. The van der Waals surface area contributed by atoms with Crippen LogP contribution in [0.5, 0.6) is 0 Å². The van der Waals surface area contributed by atoms with Crippen molar-refractivity contribution in [1.82, 2.24) is 30.1 Å². The van der Waals surface area contributed by atoms with Crippen LogP contribution in [0.3, 0.4) is 0 Å². The molecular formula is C40H46F2N6O5S. The number of cyclic esters (lactones) is 1. The highest BCUT2D eigenvalue weighted by atomic mass is 32.1. The maximum Gasteiger partial charge on any atom is 0.325 e. The number of hydrazine groups is 1. The van der Waals surface area contributed by atoms with Gasteiger partial charge in [-0.15, -0.1) is 11.3 Å². The lowest BCUT2D eigenvalue weighted by atomic mass is 9.83. The zero-order chi connectivity index (χ0) is 38.3. The lowest BCUT2D eigenvalue weighted by Gasteiger charge is -2.34. The Morgan fingerprint density at radius 3 is 2.76 bits per heavy atom. The summed E-state index contributed by atoms with van der Waals surface area (Å²) in [5.41, 5.74) is 9.61. The van der Waals surface area contributed by atoms with Crippen molar-refractivity contribution < 1.29 is 32.6 Å². The Kier molecular flexibility index (Phi) is 9.16. The Labute approximate surface area is 316 Å². The number of halogens is 2. The van der Waals surface area contributed by atoms with Gasteiger partial charge in [0.1, 0.15) is 12.1 Å². The van der Waals surface area contributed by atoms with Crippen molar-refractivity contribution in [2.24, 2.45) is 29.1 Å². The molecule has 4 aromatic heterocycles. The smallest absolute Gasteiger partial charge is 0.325 e. The zero-order valence-corrected chi connectivity index (χ0v) is 32.1. The van der Waals surface area contributed by atoms with E-state index in [0.717, 1.165) is 56.3 Å². The number of esters is 1. The van der Waals surface area contributed by atoms with Gasteiger partial charge in [-0.3, -0.25) is 24.4 Å². The minimum Gasteiger partial charge on any atom is -0.464 e. The number of thiazole rings is 1. The van der Waals surface area contributed by atoms with Gasteiger partial charge >= 0.3 is 5.97 Å². The average Bonchev–Trinajstić information content (AvgIpc) is 3.87. The number of hydrogen-bond acceptors (Lipinski definition) is 9. The lowest BCUT2D eigenvalue weighted by molar-refractivity contribution is -0.156. The number of ether oxygens (including phenoxy) is 2. The molecule has 286 valence electrons. The summed E-state index contributed by atoms with van der Waals surface area (Å²) in [6.45, 7) is 9.68. The third kappa shape index (κ3) is 6.39. The van der Waals surface area contributed by atoms with Crippen molar-refractivity contribution >= 4 is 34.6 Å². The number of hydrogen-bond donors (Lipinski definition) is 2. The number of nitrogens with one attached hydrogen (secondary N) is 2. The number of pyridine rings is 2. The van der Waals surface area contributed by atoms with E-state index < -0.39 is 47.1 Å². The van der Waals surface area contributed by atoms with E-state index in [0.29, 0.717) is 17.8 Å². The van der Waals surface area contributed by atoms with Gasteiger partial charge in [-0.1, -0.05) is 33.8 Å². The van der Waals surface area contributed by atoms with Crippen LogP contribution >= 0.6 is 11.3 Å². The first-order valence-corrected chi connectivity index (χ1v) is 19.6. The summed E-state index contributed by atoms with van der Waals surface area (Å²) >= 11 is 1.37. The van der Waals surface area contributed by atoms with Crippen LogP contribution in [-0.2, 0) is 43.1 Å². The number of nitrogens with zero attached hydrogens (tertiary/aromatic N) is 4. The fourth-order valence-electron chi connectivity index (χ4n) is 8.37. The third-order valence-electron chi connectivity index (χ3n) is 11.7. The Hall–Kier alpha value is -4.27. The Morgan fingerprint density at radius 2 is 2.04 bits per heavy atom. The van der Waals surface area contributed by atoms with E-state index in [-0.39, 0.29) is 43.4 Å². The number of fused-ring (bicyclic) bond motifs is 8. The molecule has 7 atom stereocenters. The molecule has 4 aromatic rings. The van der Waals surface area contributed by atoms with Crippen LogP contribution < -0.4 is 10.7 Å². The second-order valence-corrected chi connectivity index (χ2v) is 17.1. The third-order valence-corrected chi connectivity index (χ3v) is 12.6. The SMILES string of the molecule is CCc1c(-c2cccnc2[C@H](C)OC)c2c3cc(ccn13)-c1csc(n1)C[C@H](NC(=O)[C@H]1C[C@@H]1C)C(=O)N1C[C@@H]3[C@H]([C@H](N1)C(=O)OCC(C)(C)C2)C3(F)F. The highest BCUT2D eigenvalue weighted by molar-refractivity contribution is 7.10. The molecule has 2 aliphatic carbocycles. The van der Waals surface area contributed by atoms with Crippen LogP contribution in [0.4, 0.5) is 8.78 Å². The number of aromatic nitrogens is 3. The molecule has 4 aliphatic rings. The maximum absolute atomic E-state index is 15.2. The summed E-state index contributed by atoms with van der Waals surface area (Å²) in [6, 6.07) is 5.60. The minimum absolute atomic E-state index is 0.0546. The molecule has 0 aromatic carbocycles. The van der Waals surface area contributed by atoms with Crippen LogP contribution in [0.15, 0.2) is 42.0 Å². The molecule has 2 N–H and O–H groups in total. The first-order valence-electron chi connectivity index (χ1n) is 18.7. The summed E-state index contributed by atoms with van der Waals surface area (Å²) in [6.07, 6.45) is 5.50. The van der Waals surface area contributed by atoms with E-state index in [2.05, 4.69) is 34.2 Å². The van der Waals surface area contributed by atoms with Crippen LogP contribution in [0.2, 0.25) is 0 Å². The number of carbonyl (C=O) groups is 3. The molecule has 0 radical (unpaired) electrons. The van der Waals surface area contributed by atoms with Gasteiger partial charge < -0.3 is 19.2 Å². The molecular weight excluding hydrogens is 715 g/mol. The number of methoxy groups -OCH3 is 1. The largest absolute Gasteiger partial charge is 0.464 e. The van der Waals surface area contributed by atoms with Crippen LogP contribution in [0.25, 0.3) is 27.9 Å². The number of rotatable bonds is 6. The van der Waals surface area contributed by atoms with E-state index in [9.17, 15) is 14.4 Å². The molecule has 1 saturated heterocycles. The molecule has 14 heteroatoms. The first kappa shape index (κ1) is 36.7. The monoisotopic (exact) mass is 760 g/mol. The predicted octanol–water partition coefficient (Wildman–Crippen LogP) is 5.80. The maximum atomic E-state index is 15.2. The Balaban J connectivity index is 1.26. The van der Waals surface area contributed by atoms with Gasteiger partial charge in [0.25, 0.3) is 11.8 Å². The van der Waals surface area contributed by atoms with Crippen LogP contribution in [-0.4, -0.2) is 75.4 Å². The topological polar surface area (TPSA) is 127 Å². The summed E-state index contributed by atoms with van der Waals surface area (Å²) in [4.78, 5) is 50.8. The van der Waals surface area contributed by atoms with Crippen molar-refractivity contribution in [2.45, 2.75) is 84.4 Å². The van der Waals surface area contributed by atoms with Crippen molar-refractivity contribution in [3.8, 4) is 22.4 Å². The van der Waals surface area contributed by atoms with Crippen LogP contribution in [0.1, 0.15) is 69.1 Å². The predicted molar refractivity (Wildman–Crippen MR) is 198 cm³/mol. The molecule has 2 amide bonds. The Bertz CT molecular complexity index is 2150. The van der Waals surface area contributed by atoms with E-state index in [1.54, 1.807) is 13.3 Å². The van der Waals surface area contributed by atoms with E-state index in [1.807, 2.05) is 51.4 Å². The molecule has 0 unspecified atom stereocenters. The molecule has 0 spiro atoms. The summed E-state index contributed by atoms with van der Waals surface area (Å²) in [5.74, 6) is -7.36. The quantitative estimate of drug-likeness (QED) is 0.236. The summed E-state index contributed by atoms with van der Waals surface area (Å²) in [5, 5.41) is 6.53. The molecule has 2 aliphatic heterocycles. The van der Waals surface area contributed by atoms with Gasteiger partial charge in [0.15, 0.2) is 0 Å². The normalized spacial score (nSPS) is 27.8. The Morgan fingerprint density at radius 1 is 1.26 bits per heavy atom. The average molecular weight is 761 g/mol.